The minimum absolute atomic E-state index is 0.157. The average molecular weight is 392 g/mol. The first-order valence-electron chi connectivity index (χ1n) is 8.52. The van der Waals surface area contributed by atoms with E-state index in [-0.39, 0.29) is 12.5 Å². The van der Waals surface area contributed by atoms with Crippen LogP contribution in [0, 0.1) is 6.92 Å². The first-order valence-corrected chi connectivity index (χ1v) is 9.40. The van der Waals surface area contributed by atoms with Crippen molar-refractivity contribution in [2.24, 2.45) is 0 Å². The number of nitrogens with one attached hydrogen (secondary N) is 1. The number of ether oxygens (including phenoxy) is 1. The molecule has 0 spiro atoms. The van der Waals surface area contributed by atoms with Gasteiger partial charge < -0.3 is 9.26 Å². The number of hydrogen-bond acceptors (Lipinski definition) is 7. The van der Waals surface area contributed by atoms with Gasteiger partial charge in [-0.1, -0.05) is 41.6 Å². The molecule has 140 valence electrons. The van der Waals surface area contributed by atoms with E-state index < -0.39 is 0 Å². The van der Waals surface area contributed by atoms with Crippen molar-refractivity contribution in [3.63, 3.8) is 0 Å². The van der Waals surface area contributed by atoms with Gasteiger partial charge in [0.15, 0.2) is 11.7 Å². The summed E-state index contributed by atoms with van der Waals surface area (Å²) in [4.78, 5) is 20.5. The Morgan fingerprint density at radius 3 is 2.71 bits per heavy atom. The van der Waals surface area contributed by atoms with Gasteiger partial charge in [-0.15, -0.1) is 11.3 Å². The number of para-hydroxylation sites is 1. The molecule has 0 fully saturated rings. The Kier molecular flexibility index (Phi) is 5.11. The predicted molar refractivity (Wildman–Crippen MR) is 106 cm³/mol. The highest BCUT2D eigenvalue weighted by molar-refractivity contribution is 7.13. The number of amides is 1. The van der Waals surface area contributed by atoms with Gasteiger partial charge in [-0.25, -0.2) is 4.98 Å². The number of nitrogens with zero attached hydrogens (tertiary/aromatic N) is 3. The number of rotatable bonds is 6. The molecule has 0 saturated heterocycles. The molecule has 7 nitrogen and oxygen atoms in total. The fraction of sp³-hybridized carbons (Fsp3) is 0.100. The summed E-state index contributed by atoms with van der Waals surface area (Å²) >= 11 is 1.34. The third-order valence-corrected chi connectivity index (χ3v) is 4.66. The van der Waals surface area contributed by atoms with E-state index in [9.17, 15) is 4.79 Å². The smallest absolute Gasteiger partial charge is 0.264 e. The van der Waals surface area contributed by atoms with Crippen LogP contribution in [0.15, 0.2) is 64.6 Å². The van der Waals surface area contributed by atoms with Crippen molar-refractivity contribution in [1.82, 2.24) is 15.1 Å². The minimum atomic E-state index is -0.295. The van der Waals surface area contributed by atoms with Crippen LogP contribution in [-0.4, -0.2) is 27.6 Å². The van der Waals surface area contributed by atoms with E-state index in [1.165, 1.54) is 11.3 Å². The number of benzene rings is 2. The zero-order valence-corrected chi connectivity index (χ0v) is 15.8. The number of anilines is 1. The molecular weight excluding hydrogens is 376 g/mol. The molecule has 28 heavy (non-hydrogen) atoms. The van der Waals surface area contributed by atoms with Crippen molar-refractivity contribution in [1.29, 1.82) is 0 Å². The van der Waals surface area contributed by atoms with Crippen molar-refractivity contribution in [2.75, 3.05) is 11.9 Å². The molecule has 2 aromatic carbocycles. The van der Waals surface area contributed by atoms with Gasteiger partial charge in [0.05, 0.1) is 5.56 Å². The lowest BCUT2D eigenvalue weighted by Gasteiger charge is -2.08. The highest BCUT2D eigenvalue weighted by Crippen LogP contribution is 2.30. The van der Waals surface area contributed by atoms with Crippen LogP contribution in [0.2, 0.25) is 0 Å². The van der Waals surface area contributed by atoms with Crippen LogP contribution in [0.25, 0.3) is 22.8 Å². The highest BCUT2D eigenvalue weighted by Gasteiger charge is 2.16. The van der Waals surface area contributed by atoms with Gasteiger partial charge in [0.2, 0.25) is 5.82 Å². The van der Waals surface area contributed by atoms with Crippen molar-refractivity contribution < 1.29 is 14.1 Å². The molecule has 0 aliphatic rings. The SMILES string of the molecule is Cc1ccccc1-c1noc(-c2ccccc2OCC(=O)Nc2nccs2)n1. The van der Waals surface area contributed by atoms with E-state index in [0.29, 0.717) is 28.2 Å². The Morgan fingerprint density at radius 2 is 1.93 bits per heavy atom. The van der Waals surface area contributed by atoms with Gasteiger partial charge in [-0.3, -0.25) is 10.1 Å². The fourth-order valence-electron chi connectivity index (χ4n) is 2.62. The minimum Gasteiger partial charge on any atom is -0.483 e. The Morgan fingerprint density at radius 1 is 1.14 bits per heavy atom. The zero-order chi connectivity index (χ0) is 19.3. The average Bonchev–Trinajstić information content (AvgIpc) is 3.39. The fourth-order valence-corrected chi connectivity index (χ4v) is 3.16. The number of hydrogen-bond donors (Lipinski definition) is 1. The van der Waals surface area contributed by atoms with Gasteiger partial charge in [0.25, 0.3) is 11.8 Å². The Labute approximate surface area is 165 Å². The standard InChI is InChI=1S/C20H16N4O3S/c1-13-6-2-3-7-14(13)18-23-19(27-24-18)15-8-4-5-9-16(15)26-12-17(25)22-20-21-10-11-28-20/h2-11H,12H2,1H3,(H,21,22,25). The van der Waals surface area contributed by atoms with Crippen LogP contribution < -0.4 is 10.1 Å². The second kappa shape index (κ2) is 8.01. The van der Waals surface area contributed by atoms with E-state index in [1.54, 1.807) is 17.6 Å². The maximum atomic E-state index is 12.0. The van der Waals surface area contributed by atoms with Crippen molar-refractivity contribution in [3.05, 3.63) is 65.7 Å². The molecule has 8 heteroatoms. The molecule has 0 aliphatic carbocycles. The monoisotopic (exact) mass is 392 g/mol. The molecule has 4 rings (SSSR count). The number of carbonyl (C=O) groups is 1. The van der Waals surface area contributed by atoms with Crippen LogP contribution >= 0.6 is 11.3 Å². The summed E-state index contributed by atoms with van der Waals surface area (Å²) in [6.07, 6.45) is 1.62. The molecule has 0 bridgehead atoms. The normalized spacial score (nSPS) is 10.6. The molecule has 0 saturated carbocycles. The summed E-state index contributed by atoms with van der Waals surface area (Å²) in [5, 5.41) is 9.07. The largest absolute Gasteiger partial charge is 0.483 e. The maximum absolute atomic E-state index is 12.0. The summed E-state index contributed by atoms with van der Waals surface area (Å²) in [6.45, 7) is 1.83. The lowest BCUT2D eigenvalue weighted by molar-refractivity contribution is -0.118. The summed E-state index contributed by atoms with van der Waals surface area (Å²) in [5.74, 6) is 1.02. The first kappa shape index (κ1) is 17.9. The molecule has 1 amide bonds. The van der Waals surface area contributed by atoms with Crippen molar-refractivity contribution >= 4 is 22.4 Å². The molecule has 2 heterocycles. The van der Waals surface area contributed by atoms with E-state index in [4.69, 9.17) is 9.26 Å². The highest BCUT2D eigenvalue weighted by atomic mass is 32.1. The second-order valence-corrected chi connectivity index (χ2v) is 6.80. The van der Waals surface area contributed by atoms with Gasteiger partial charge >= 0.3 is 0 Å². The molecular formula is C20H16N4O3S. The maximum Gasteiger partial charge on any atom is 0.264 e. The Bertz CT molecular complexity index is 1090. The Hall–Kier alpha value is -3.52. The van der Waals surface area contributed by atoms with E-state index in [1.807, 2.05) is 49.4 Å². The number of aryl methyl sites for hydroxylation is 1. The van der Waals surface area contributed by atoms with Crippen molar-refractivity contribution in [3.8, 4) is 28.6 Å². The summed E-state index contributed by atoms with van der Waals surface area (Å²) < 4.78 is 11.1. The van der Waals surface area contributed by atoms with E-state index in [0.717, 1.165) is 11.1 Å². The summed E-state index contributed by atoms with van der Waals surface area (Å²) in [7, 11) is 0. The molecule has 0 radical (unpaired) electrons. The summed E-state index contributed by atoms with van der Waals surface area (Å²) in [5.41, 5.74) is 2.58. The molecule has 0 aliphatic heterocycles. The quantitative estimate of drug-likeness (QED) is 0.529. The van der Waals surface area contributed by atoms with E-state index >= 15 is 0 Å². The Balaban J connectivity index is 1.52. The van der Waals surface area contributed by atoms with Crippen LogP contribution in [0.3, 0.4) is 0 Å². The zero-order valence-electron chi connectivity index (χ0n) is 15.0. The lowest BCUT2D eigenvalue weighted by atomic mass is 10.1. The number of thiazole rings is 1. The van der Waals surface area contributed by atoms with E-state index in [2.05, 4.69) is 20.4 Å². The molecule has 0 unspecified atom stereocenters. The third kappa shape index (κ3) is 3.91. The van der Waals surface area contributed by atoms with Gasteiger partial charge in [-0.2, -0.15) is 4.98 Å². The summed E-state index contributed by atoms with van der Waals surface area (Å²) in [6, 6.07) is 15.0. The van der Waals surface area contributed by atoms with Gasteiger partial charge in [0, 0.05) is 17.1 Å². The van der Waals surface area contributed by atoms with Crippen LogP contribution in [-0.2, 0) is 4.79 Å². The van der Waals surface area contributed by atoms with Crippen molar-refractivity contribution in [2.45, 2.75) is 6.92 Å². The molecule has 4 aromatic rings. The van der Waals surface area contributed by atoms with Gasteiger partial charge in [0.1, 0.15) is 5.75 Å². The topological polar surface area (TPSA) is 90.1 Å². The number of carbonyl (C=O) groups excluding carboxylic acids is 1. The van der Waals surface area contributed by atoms with Crippen LogP contribution in [0.5, 0.6) is 5.75 Å². The van der Waals surface area contributed by atoms with Gasteiger partial charge in [-0.05, 0) is 24.6 Å². The molecule has 2 aromatic heterocycles. The second-order valence-electron chi connectivity index (χ2n) is 5.91. The van der Waals surface area contributed by atoms with Crippen LogP contribution in [0.4, 0.5) is 5.13 Å². The molecule has 0 atom stereocenters. The predicted octanol–water partition coefficient (Wildman–Crippen LogP) is 4.19. The number of aromatic nitrogens is 3. The third-order valence-electron chi connectivity index (χ3n) is 3.97. The molecule has 1 N–H and O–H groups in total. The lowest BCUT2D eigenvalue weighted by Crippen LogP contribution is -2.20. The first-order chi connectivity index (χ1) is 13.7. The van der Waals surface area contributed by atoms with Crippen LogP contribution in [0.1, 0.15) is 5.56 Å².